The minimum absolute atomic E-state index is 0.0141. The maximum atomic E-state index is 12.4. The number of imidazole rings is 1. The largest absolute Gasteiger partial charge is 0.444 e. The lowest BCUT2D eigenvalue weighted by Crippen LogP contribution is -2.43. The van der Waals surface area contributed by atoms with E-state index in [2.05, 4.69) is 23.8 Å². The van der Waals surface area contributed by atoms with Gasteiger partial charge in [-0.15, -0.1) is 0 Å². The van der Waals surface area contributed by atoms with Crippen LogP contribution in [0.25, 0.3) is 0 Å². The number of nitrogens with zero attached hydrogens (tertiary/aromatic N) is 2. The zero-order valence-electron chi connectivity index (χ0n) is 12.0. The van der Waals surface area contributed by atoms with Crippen molar-refractivity contribution in [1.82, 2.24) is 14.9 Å². The van der Waals surface area contributed by atoms with Crippen LogP contribution in [0.3, 0.4) is 0 Å². The second kappa shape index (κ2) is 5.44. The molecular weight excluding hydrogens is 258 g/mol. The van der Waals surface area contributed by atoms with E-state index in [1.54, 1.807) is 6.33 Å². The highest BCUT2D eigenvalue weighted by Gasteiger charge is 2.36. The van der Waals surface area contributed by atoms with E-state index in [9.17, 15) is 4.79 Å². The summed E-state index contributed by atoms with van der Waals surface area (Å²) in [6.45, 7) is 6.07. The SMILES string of the molecule is CC(C)C1c2nc[nH]c2CCN1C(=O)O[C@H]1CCOC1. The number of fused-ring (bicyclic) bond motifs is 1. The van der Waals surface area contributed by atoms with E-state index in [1.807, 2.05) is 4.90 Å². The second-order valence-electron chi connectivity index (χ2n) is 5.77. The molecule has 20 heavy (non-hydrogen) atoms. The Morgan fingerprint density at radius 3 is 3.15 bits per heavy atom. The summed E-state index contributed by atoms with van der Waals surface area (Å²) in [5, 5.41) is 0. The molecule has 1 fully saturated rings. The number of hydrogen-bond donors (Lipinski definition) is 1. The molecule has 2 aliphatic rings. The third kappa shape index (κ3) is 2.40. The Kier molecular flexibility index (Phi) is 3.65. The lowest BCUT2D eigenvalue weighted by Gasteiger charge is -2.36. The molecule has 1 unspecified atom stereocenters. The van der Waals surface area contributed by atoms with Crippen molar-refractivity contribution in [2.75, 3.05) is 19.8 Å². The van der Waals surface area contributed by atoms with Gasteiger partial charge in [0, 0.05) is 25.1 Å². The van der Waals surface area contributed by atoms with Crippen molar-refractivity contribution in [3.63, 3.8) is 0 Å². The third-order valence-corrected chi connectivity index (χ3v) is 3.99. The summed E-state index contributed by atoms with van der Waals surface area (Å²) in [5.74, 6) is 0.296. The standard InChI is InChI=1S/C14H21N3O3/c1-9(2)13-12-11(15-8-16-12)3-5-17(13)14(18)20-10-4-6-19-7-10/h8-10,13H,3-7H2,1-2H3,(H,15,16)/t10-,13?/m0/s1. The topological polar surface area (TPSA) is 67.5 Å². The maximum absolute atomic E-state index is 12.4. The number of amides is 1. The quantitative estimate of drug-likeness (QED) is 0.897. The van der Waals surface area contributed by atoms with Crippen LogP contribution < -0.4 is 0 Å². The van der Waals surface area contributed by atoms with Gasteiger partial charge in [0.15, 0.2) is 0 Å². The van der Waals surface area contributed by atoms with Crippen LogP contribution in [0.4, 0.5) is 4.79 Å². The summed E-state index contributed by atoms with van der Waals surface area (Å²) in [7, 11) is 0. The zero-order chi connectivity index (χ0) is 14.1. The number of ether oxygens (including phenoxy) is 2. The Morgan fingerprint density at radius 1 is 1.60 bits per heavy atom. The Balaban J connectivity index is 1.76. The molecule has 2 aliphatic heterocycles. The normalized spacial score (nSPS) is 25.9. The fraction of sp³-hybridized carbons (Fsp3) is 0.714. The maximum Gasteiger partial charge on any atom is 0.410 e. The van der Waals surface area contributed by atoms with Crippen molar-refractivity contribution >= 4 is 6.09 Å². The van der Waals surface area contributed by atoms with Crippen molar-refractivity contribution in [2.24, 2.45) is 5.92 Å². The molecule has 110 valence electrons. The highest BCUT2D eigenvalue weighted by Crippen LogP contribution is 2.33. The molecule has 0 radical (unpaired) electrons. The summed E-state index contributed by atoms with van der Waals surface area (Å²) >= 11 is 0. The van der Waals surface area contributed by atoms with Gasteiger partial charge in [0.2, 0.25) is 0 Å². The first-order valence-electron chi connectivity index (χ1n) is 7.24. The molecule has 0 aliphatic carbocycles. The van der Waals surface area contributed by atoms with E-state index in [1.165, 1.54) is 0 Å². The van der Waals surface area contributed by atoms with E-state index < -0.39 is 0 Å². The lowest BCUT2D eigenvalue weighted by atomic mass is 9.94. The van der Waals surface area contributed by atoms with Crippen molar-refractivity contribution in [3.05, 3.63) is 17.7 Å². The molecule has 1 amide bonds. The number of carbonyl (C=O) groups is 1. The summed E-state index contributed by atoms with van der Waals surface area (Å²) in [6.07, 6.45) is 2.96. The van der Waals surface area contributed by atoms with Crippen molar-refractivity contribution in [1.29, 1.82) is 0 Å². The molecule has 3 heterocycles. The highest BCUT2D eigenvalue weighted by atomic mass is 16.6. The monoisotopic (exact) mass is 279 g/mol. The predicted molar refractivity (Wildman–Crippen MR) is 72.3 cm³/mol. The smallest absolute Gasteiger partial charge is 0.410 e. The molecule has 0 spiro atoms. The van der Waals surface area contributed by atoms with Crippen molar-refractivity contribution < 1.29 is 14.3 Å². The first-order chi connectivity index (χ1) is 9.66. The summed E-state index contributed by atoms with van der Waals surface area (Å²) < 4.78 is 10.8. The fourth-order valence-corrected chi connectivity index (χ4v) is 3.00. The van der Waals surface area contributed by atoms with Gasteiger partial charge >= 0.3 is 6.09 Å². The third-order valence-electron chi connectivity index (χ3n) is 3.99. The van der Waals surface area contributed by atoms with Crippen LogP contribution in [-0.2, 0) is 15.9 Å². The van der Waals surface area contributed by atoms with Crippen LogP contribution in [0, 0.1) is 5.92 Å². The Labute approximate surface area is 118 Å². The van der Waals surface area contributed by atoms with E-state index in [0.717, 1.165) is 24.2 Å². The van der Waals surface area contributed by atoms with Gasteiger partial charge in [-0.05, 0) is 5.92 Å². The Bertz CT molecular complexity index is 480. The van der Waals surface area contributed by atoms with Crippen LogP contribution in [-0.4, -0.2) is 46.8 Å². The van der Waals surface area contributed by atoms with Gasteiger partial charge in [-0.1, -0.05) is 13.8 Å². The molecule has 6 heteroatoms. The van der Waals surface area contributed by atoms with Crippen molar-refractivity contribution in [2.45, 2.75) is 38.8 Å². The molecule has 0 saturated carbocycles. The van der Waals surface area contributed by atoms with Gasteiger partial charge < -0.3 is 14.5 Å². The van der Waals surface area contributed by atoms with Gasteiger partial charge in [-0.25, -0.2) is 9.78 Å². The number of rotatable bonds is 2. The van der Waals surface area contributed by atoms with Gasteiger partial charge in [-0.3, -0.25) is 4.90 Å². The average Bonchev–Trinajstić information content (AvgIpc) is 3.06. The van der Waals surface area contributed by atoms with E-state index in [0.29, 0.717) is 25.7 Å². The van der Waals surface area contributed by atoms with Crippen LogP contribution in [0.2, 0.25) is 0 Å². The molecular formula is C14H21N3O3. The van der Waals surface area contributed by atoms with E-state index in [-0.39, 0.29) is 18.2 Å². The number of H-pyrrole nitrogens is 1. The highest BCUT2D eigenvalue weighted by molar-refractivity contribution is 5.69. The molecule has 2 atom stereocenters. The molecule has 1 N–H and O–H groups in total. The summed E-state index contributed by atoms with van der Waals surface area (Å²) in [4.78, 5) is 21.8. The van der Waals surface area contributed by atoms with E-state index in [4.69, 9.17) is 9.47 Å². The summed E-state index contributed by atoms with van der Waals surface area (Å²) in [5.41, 5.74) is 2.11. The number of hydrogen-bond acceptors (Lipinski definition) is 4. The molecule has 1 aromatic rings. The lowest BCUT2D eigenvalue weighted by molar-refractivity contribution is 0.0344. The minimum Gasteiger partial charge on any atom is -0.444 e. The fourth-order valence-electron chi connectivity index (χ4n) is 3.00. The van der Waals surface area contributed by atoms with Gasteiger partial charge in [-0.2, -0.15) is 0 Å². The summed E-state index contributed by atoms with van der Waals surface area (Å²) in [6, 6.07) is -0.0141. The molecule has 6 nitrogen and oxygen atoms in total. The van der Waals surface area contributed by atoms with Gasteiger partial charge in [0.1, 0.15) is 6.10 Å². The molecule has 0 bridgehead atoms. The molecule has 1 saturated heterocycles. The van der Waals surface area contributed by atoms with Crippen LogP contribution >= 0.6 is 0 Å². The first-order valence-corrected chi connectivity index (χ1v) is 7.24. The molecule has 1 aromatic heterocycles. The minimum atomic E-state index is -0.243. The Morgan fingerprint density at radius 2 is 2.45 bits per heavy atom. The van der Waals surface area contributed by atoms with Gasteiger partial charge in [0.05, 0.1) is 31.3 Å². The molecule has 3 rings (SSSR count). The number of aromatic nitrogens is 2. The average molecular weight is 279 g/mol. The molecule has 0 aromatic carbocycles. The second-order valence-corrected chi connectivity index (χ2v) is 5.77. The predicted octanol–water partition coefficient (Wildman–Crippen LogP) is 1.89. The van der Waals surface area contributed by atoms with Crippen LogP contribution in [0.5, 0.6) is 0 Å². The van der Waals surface area contributed by atoms with Crippen molar-refractivity contribution in [3.8, 4) is 0 Å². The number of carbonyl (C=O) groups excluding carboxylic acids is 1. The number of nitrogens with one attached hydrogen (secondary N) is 1. The first kappa shape index (κ1) is 13.4. The Hall–Kier alpha value is -1.56. The van der Waals surface area contributed by atoms with E-state index >= 15 is 0 Å². The van der Waals surface area contributed by atoms with Crippen LogP contribution in [0.15, 0.2) is 6.33 Å². The number of aromatic amines is 1. The zero-order valence-corrected chi connectivity index (χ0v) is 12.0. The van der Waals surface area contributed by atoms with Crippen LogP contribution in [0.1, 0.15) is 37.7 Å². The van der Waals surface area contributed by atoms with Gasteiger partial charge in [0.25, 0.3) is 0 Å².